The van der Waals surface area contributed by atoms with Crippen LogP contribution < -0.4 is 10.6 Å². The molecule has 4 nitrogen and oxygen atoms in total. The van der Waals surface area contributed by atoms with Crippen LogP contribution in [0.3, 0.4) is 0 Å². The topological polar surface area (TPSA) is 58.2 Å². The number of amides is 2. The second-order valence-corrected chi connectivity index (χ2v) is 6.77. The lowest BCUT2D eigenvalue weighted by atomic mass is 9.90. The molecule has 2 rings (SSSR count). The lowest BCUT2D eigenvalue weighted by Crippen LogP contribution is -2.41. The average Bonchev–Trinajstić information content (AvgIpc) is 2.53. The third-order valence-corrected chi connectivity index (χ3v) is 4.28. The SMILES string of the molecule is Cc1ccc(NC(=O)C(C)(C)C(=O)Nc2ccc(C)c(Cl)c2)cc1. The van der Waals surface area contributed by atoms with Crippen LogP contribution in [0.2, 0.25) is 5.02 Å². The van der Waals surface area contributed by atoms with E-state index in [-0.39, 0.29) is 5.91 Å². The summed E-state index contributed by atoms with van der Waals surface area (Å²) in [6.07, 6.45) is 0. The van der Waals surface area contributed by atoms with Crippen molar-refractivity contribution >= 4 is 34.8 Å². The van der Waals surface area contributed by atoms with Crippen molar-refractivity contribution in [1.29, 1.82) is 0 Å². The minimum absolute atomic E-state index is 0.373. The number of rotatable bonds is 4. The highest BCUT2D eigenvalue weighted by Gasteiger charge is 2.36. The molecular formula is C19H21ClN2O2. The highest BCUT2D eigenvalue weighted by Crippen LogP contribution is 2.24. The molecule has 0 bridgehead atoms. The van der Waals surface area contributed by atoms with Crippen LogP contribution in [-0.2, 0) is 9.59 Å². The molecule has 2 aromatic rings. The first-order valence-electron chi connectivity index (χ1n) is 7.66. The van der Waals surface area contributed by atoms with Gasteiger partial charge in [-0.3, -0.25) is 9.59 Å². The highest BCUT2D eigenvalue weighted by molar-refractivity contribution is 6.31. The van der Waals surface area contributed by atoms with Gasteiger partial charge in [-0.15, -0.1) is 0 Å². The predicted octanol–water partition coefficient (Wildman–Crippen LogP) is 4.56. The van der Waals surface area contributed by atoms with Gasteiger partial charge >= 0.3 is 0 Å². The molecule has 0 spiro atoms. The maximum atomic E-state index is 12.5. The van der Waals surface area contributed by atoms with Crippen LogP contribution in [0.5, 0.6) is 0 Å². The number of aryl methyl sites for hydroxylation is 2. The molecule has 5 heteroatoms. The van der Waals surface area contributed by atoms with E-state index in [0.29, 0.717) is 16.4 Å². The number of halogens is 1. The second-order valence-electron chi connectivity index (χ2n) is 6.36. The first-order valence-corrected chi connectivity index (χ1v) is 8.03. The molecule has 0 saturated heterocycles. The van der Waals surface area contributed by atoms with Crippen LogP contribution >= 0.6 is 11.6 Å². The van der Waals surface area contributed by atoms with Gasteiger partial charge in [0.15, 0.2) is 0 Å². The molecule has 2 N–H and O–H groups in total. The molecule has 2 aromatic carbocycles. The van der Waals surface area contributed by atoms with E-state index in [0.717, 1.165) is 11.1 Å². The van der Waals surface area contributed by atoms with Crippen molar-refractivity contribution < 1.29 is 9.59 Å². The van der Waals surface area contributed by atoms with E-state index in [9.17, 15) is 9.59 Å². The van der Waals surface area contributed by atoms with Crippen molar-refractivity contribution in [3.05, 3.63) is 58.6 Å². The minimum Gasteiger partial charge on any atom is -0.325 e. The standard InChI is InChI=1S/C19H21ClN2O2/c1-12-5-8-14(9-6-12)21-17(23)19(3,4)18(24)22-15-10-7-13(2)16(20)11-15/h5-11H,1-4H3,(H,21,23)(H,22,24). The van der Waals surface area contributed by atoms with E-state index in [1.54, 1.807) is 38.1 Å². The summed E-state index contributed by atoms with van der Waals surface area (Å²) < 4.78 is 0. The molecule has 0 atom stereocenters. The van der Waals surface area contributed by atoms with Gasteiger partial charge in [-0.05, 0) is 57.5 Å². The third-order valence-electron chi connectivity index (χ3n) is 3.87. The Labute approximate surface area is 147 Å². The first-order chi connectivity index (χ1) is 11.2. The number of carbonyl (C=O) groups excluding carboxylic acids is 2. The number of carbonyl (C=O) groups is 2. The summed E-state index contributed by atoms with van der Waals surface area (Å²) in [4.78, 5) is 25.0. The van der Waals surface area contributed by atoms with E-state index in [1.165, 1.54) is 0 Å². The van der Waals surface area contributed by atoms with E-state index >= 15 is 0 Å². The summed E-state index contributed by atoms with van der Waals surface area (Å²) in [5, 5.41) is 6.08. The fraction of sp³-hybridized carbons (Fsp3) is 0.263. The molecule has 126 valence electrons. The van der Waals surface area contributed by atoms with Crippen molar-refractivity contribution in [3.63, 3.8) is 0 Å². The molecule has 0 radical (unpaired) electrons. The van der Waals surface area contributed by atoms with E-state index in [4.69, 9.17) is 11.6 Å². The largest absolute Gasteiger partial charge is 0.325 e. The fourth-order valence-corrected chi connectivity index (χ4v) is 2.17. The van der Waals surface area contributed by atoms with Crippen LogP contribution in [0, 0.1) is 19.3 Å². The van der Waals surface area contributed by atoms with Crippen molar-refractivity contribution in [2.24, 2.45) is 5.41 Å². The lowest BCUT2D eigenvalue weighted by molar-refractivity contribution is -0.135. The Morgan fingerprint density at radius 2 is 1.38 bits per heavy atom. The Balaban J connectivity index is 2.09. The van der Waals surface area contributed by atoms with Crippen LogP contribution in [0.15, 0.2) is 42.5 Å². The van der Waals surface area contributed by atoms with Gasteiger partial charge < -0.3 is 10.6 Å². The van der Waals surface area contributed by atoms with Crippen LogP contribution in [-0.4, -0.2) is 11.8 Å². The summed E-state index contributed by atoms with van der Waals surface area (Å²) in [6.45, 7) is 7.02. The summed E-state index contributed by atoms with van der Waals surface area (Å²) >= 11 is 6.06. The van der Waals surface area contributed by atoms with E-state index in [2.05, 4.69) is 10.6 Å². The lowest BCUT2D eigenvalue weighted by Gasteiger charge is -2.23. The zero-order valence-corrected chi connectivity index (χ0v) is 15.0. The molecule has 0 aliphatic heterocycles. The number of hydrogen-bond acceptors (Lipinski definition) is 2. The molecule has 0 heterocycles. The van der Waals surface area contributed by atoms with Crippen LogP contribution in [0.25, 0.3) is 0 Å². The number of anilines is 2. The summed E-state index contributed by atoms with van der Waals surface area (Å²) in [5.41, 5.74) is 2.01. The van der Waals surface area contributed by atoms with Gasteiger partial charge in [-0.1, -0.05) is 35.4 Å². The molecule has 0 fully saturated rings. The van der Waals surface area contributed by atoms with Gasteiger partial charge in [-0.2, -0.15) is 0 Å². The Morgan fingerprint density at radius 1 is 0.875 bits per heavy atom. The zero-order chi connectivity index (χ0) is 17.9. The molecule has 2 amide bonds. The van der Waals surface area contributed by atoms with Gasteiger partial charge in [0.2, 0.25) is 11.8 Å². The highest BCUT2D eigenvalue weighted by atomic mass is 35.5. The summed E-state index contributed by atoms with van der Waals surface area (Å²) in [5.74, 6) is -0.769. The number of hydrogen-bond donors (Lipinski definition) is 2. The quantitative estimate of drug-likeness (QED) is 0.799. The van der Waals surface area contributed by atoms with Gasteiger partial charge in [0.05, 0.1) is 0 Å². The van der Waals surface area contributed by atoms with Crippen LogP contribution in [0.4, 0.5) is 11.4 Å². The smallest absolute Gasteiger partial charge is 0.239 e. The molecule has 0 saturated carbocycles. The Morgan fingerprint density at radius 3 is 1.92 bits per heavy atom. The monoisotopic (exact) mass is 344 g/mol. The normalized spacial score (nSPS) is 11.0. The number of nitrogens with one attached hydrogen (secondary N) is 2. The first kappa shape index (κ1) is 18.0. The Hall–Kier alpha value is -2.33. The molecule has 0 aromatic heterocycles. The van der Waals surface area contributed by atoms with Crippen molar-refractivity contribution in [2.45, 2.75) is 27.7 Å². The molecule has 0 unspecified atom stereocenters. The average molecular weight is 345 g/mol. The molecular weight excluding hydrogens is 324 g/mol. The predicted molar refractivity (Wildman–Crippen MR) is 98.4 cm³/mol. The van der Waals surface area contributed by atoms with Gasteiger partial charge in [-0.25, -0.2) is 0 Å². The van der Waals surface area contributed by atoms with Crippen molar-refractivity contribution in [1.82, 2.24) is 0 Å². The Kier molecular flexibility index (Phi) is 5.30. The summed E-state index contributed by atoms with van der Waals surface area (Å²) in [6, 6.07) is 12.7. The van der Waals surface area contributed by atoms with Gasteiger partial charge in [0.1, 0.15) is 5.41 Å². The van der Waals surface area contributed by atoms with Crippen molar-refractivity contribution in [3.8, 4) is 0 Å². The van der Waals surface area contributed by atoms with E-state index < -0.39 is 11.3 Å². The van der Waals surface area contributed by atoms with Gasteiger partial charge in [0.25, 0.3) is 0 Å². The maximum absolute atomic E-state index is 12.5. The fourth-order valence-electron chi connectivity index (χ4n) is 1.99. The zero-order valence-electron chi connectivity index (χ0n) is 14.2. The Bertz CT molecular complexity index is 767. The summed E-state index contributed by atoms with van der Waals surface area (Å²) in [7, 11) is 0. The van der Waals surface area contributed by atoms with Crippen molar-refractivity contribution in [2.75, 3.05) is 10.6 Å². The molecule has 24 heavy (non-hydrogen) atoms. The second kappa shape index (κ2) is 7.05. The third kappa shape index (κ3) is 4.15. The van der Waals surface area contributed by atoms with E-state index in [1.807, 2.05) is 32.0 Å². The number of benzene rings is 2. The molecule has 0 aliphatic carbocycles. The minimum atomic E-state index is -1.23. The molecule has 0 aliphatic rings. The van der Waals surface area contributed by atoms with Gasteiger partial charge in [0, 0.05) is 16.4 Å². The maximum Gasteiger partial charge on any atom is 0.239 e. The van der Waals surface area contributed by atoms with Crippen LogP contribution in [0.1, 0.15) is 25.0 Å².